The van der Waals surface area contributed by atoms with Crippen molar-refractivity contribution in [1.29, 1.82) is 0 Å². The Labute approximate surface area is 121 Å². The van der Waals surface area contributed by atoms with Crippen molar-refractivity contribution in [1.82, 2.24) is 4.90 Å². The Kier molecular flexibility index (Phi) is 5.82. The number of rotatable bonds is 4. The van der Waals surface area contributed by atoms with Gasteiger partial charge < -0.3 is 14.2 Å². The molecule has 1 fully saturated rings. The maximum atomic E-state index is 11.8. The lowest BCUT2D eigenvalue weighted by Crippen LogP contribution is -2.41. The predicted octanol–water partition coefficient (Wildman–Crippen LogP) is 1.96. The normalized spacial score (nSPS) is 18.1. The molecule has 1 saturated heterocycles. The van der Waals surface area contributed by atoms with E-state index >= 15 is 0 Å². The average Bonchev–Trinajstić information content (AvgIpc) is 2.25. The summed E-state index contributed by atoms with van der Waals surface area (Å²) < 4.78 is 36.9. The predicted molar refractivity (Wildman–Crippen MR) is 74.3 cm³/mol. The molecular formula is C13H24NO5S-. The van der Waals surface area contributed by atoms with E-state index in [9.17, 15) is 17.8 Å². The van der Waals surface area contributed by atoms with Gasteiger partial charge in [-0.25, -0.2) is 13.2 Å². The summed E-state index contributed by atoms with van der Waals surface area (Å²) in [5.41, 5.74) is -0.490. The van der Waals surface area contributed by atoms with E-state index in [0.717, 1.165) is 19.3 Å². The topological polar surface area (TPSA) is 86.7 Å². The molecule has 0 saturated carbocycles. The van der Waals surface area contributed by atoms with Crippen LogP contribution >= 0.6 is 0 Å². The summed E-state index contributed by atoms with van der Waals surface area (Å²) in [4.78, 5) is 13.5. The van der Waals surface area contributed by atoms with Gasteiger partial charge in [0.15, 0.2) is 0 Å². The Morgan fingerprint density at radius 1 is 1.30 bits per heavy atom. The molecule has 20 heavy (non-hydrogen) atoms. The zero-order chi connectivity index (χ0) is 15.4. The van der Waals surface area contributed by atoms with Gasteiger partial charge in [0, 0.05) is 18.8 Å². The summed E-state index contributed by atoms with van der Waals surface area (Å²) in [5, 5.41) is 0. The van der Waals surface area contributed by atoms with Crippen LogP contribution in [0.25, 0.3) is 0 Å². The van der Waals surface area contributed by atoms with E-state index < -0.39 is 15.7 Å². The quantitative estimate of drug-likeness (QED) is 0.741. The maximum Gasteiger partial charge on any atom is 0.410 e. The van der Waals surface area contributed by atoms with Crippen LogP contribution < -0.4 is 0 Å². The molecular weight excluding hydrogens is 282 g/mol. The summed E-state index contributed by atoms with van der Waals surface area (Å²) in [6.45, 7) is 6.76. The van der Waals surface area contributed by atoms with Crippen molar-refractivity contribution in [3.05, 3.63) is 0 Å². The summed E-state index contributed by atoms with van der Waals surface area (Å²) in [7, 11) is -4.10. The lowest BCUT2D eigenvalue weighted by Gasteiger charge is -2.33. The number of nitrogens with zero attached hydrogens (tertiary/aromatic N) is 1. The third-order valence-electron chi connectivity index (χ3n) is 3.27. The van der Waals surface area contributed by atoms with E-state index in [0.29, 0.717) is 25.4 Å². The molecule has 0 N–H and O–H groups in total. The minimum atomic E-state index is -4.10. The van der Waals surface area contributed by atoms with Crippen LogP contribution in [0.4, 0.5) is 4.79 Å². The van der Waals surface area contributed by atoms with Gasteiger partial charge in [0.1, 0.15) is 5.60 Å². The van der Waals surface area contributed by atoms with E-state index in [2.05, 4.69) is 0 Å². The van der Waals surface area contributed by atoms with Crippen molar-refractivity contribution in [3.8, 4) is 0 Å². The molecule has 0 aromatic heterocycles. The Hall–Kier alpha value is -0.820. The highest BCUT2D eigenvalue weighted by Crippen LogP contribution is 2.23. The second kappa shape index (κ2) is 6.76. The van der Waals surface area contributed by atoms with E-state index in [-0.39, 0.29) is 11.8 Å². The van der Waals surface area contributed by atoms with Crippen molar-refractivity contribution >= 4 is 16.2 Å². The number of ether oxygens (including phenoxy) is 1. The number of likely N-dealkylation sites (tertiary alicyclic amines) is 1. The fourth-order valence-corrected chi connectivity index (χ4v) is 2.80. The molecule has 0 spiro atoms. The average molecular weight is 306 g/mol. The molecule has 0 aromatic carbocycles. The number of carbonyl (C=O) groups excluding carboxylic acids is 1. The first-order valence-corrected chi connectivity index (χ1v) is 8.56. The highest BCUT2D eigenvalue weighted by molar-refractivity contribution is 7.85. The fraction of sp³-hybridized carbons (Fsp3) is 0.923. The number of carbonyl (C=O) groups is 1. The van der Waals surface area contributed by atoms with Crippen molar-refractivity contribution in [2.24, 2.45) is 5.92 Å². The molecule has 1 amide bonds. The van der Waals surface area contributed by atoms with Crippen LogP contribution in [0.1, 0.15) is 46.5 Å². The molecule has 0 unspecified atom stereocenters. The van der Waals surface area contributed by atoms with Gasteiger partial charge in [-0.1, -0.05) is 0 Å². The van der Waals surface area contributed by atoms with Gasteiger partial charge in [-0.3, -0.25) is 0 Å². The summed E-state index contributed by atoms with van der Waals surface area (Å²) in [5.74, 6) is 0.0923. The van der Waals surface area contributed by atoms with Crippen molar-refractivity contribution in [2.75, 3.05) is 18.8 Å². The highest BCUT2D eigenvalue weighted by atomic mass is 32.2. The SMILES string of the molecule is CC(C)(C)OC(=O)N1CCC(CCCS(=O)(=O)[O-])CC1. The lowest BCUT2D eigenvalue weighted by molar-refractivity contribution is 0.0181. The van der Waals surface area contributed by atoms with Gasteiger partial charge in [0.05, 0.1) is 10.1 Å². The van der Waals surface area contributed by atoms with Gasteiger partial charge in [0.25, 0.3) is 0 Å². The van der Waals surface area contributed by atoms with Crippen molar-refractivity contribution in [3.63, 3.8) is 0 Å². The minimum absolute atomic E-state index is 0.292. The number of piperidine rings is 1. The van der Waals surface area contributed by atoms with Gasteiger partial charge in [0.2, 0.25) is 0 Å². The second-order valence-corrected chi connectivity index (χ2v) is 7.84. The smallest absolute Gasteiger partial charge is 0.410 e. The first-order valence-electron chi connectivity index (χ1n) is 6.98. The van der Waals surface area contributed by atoms with Gasteiger partial charge >= 0.3 is 6.09 Å². The first-order chi connectivity index (χ1) is 9.07. The lowest BCUT2D eigenvalue weighted by atomic mass is 9.93. The van der Waals surface area contributed by atoms with Crippen LogP contribution in [0, 0.1) is 5.92 Å². The summed E-state index contributed by atoms with van der Waals surface area (Å²) >= 11 is 0. The Morgan fingerprint density at radius 3 is 2.30 bits per heavy atom. The van der Waals surface area contributed by atoms with Crippen LogP contribution in [0.15, 0.2) is 0 Å². The number of hydrogen-bond donors (Lipinski definition) is 0. The van der Waals surface area contributed by atoms with Gasteiger partial charge in [-0.05, 0) is 52.4 Å². The van der Waals surface area contributed by atoms with E-state index in [1.165, 1.54) is 0 Å². The molecule has 1 rings (SSSR count). The molecule has 0 atom stereocenters. The number of hydrogen-bond acceptors (Lipinski definition) is 5. The number of amides is 1. The second-order valence-electron chi connectivity index (χ2n) is 6.31. The molecule has 1 heterocycles. The molecule has 6 nitrogen and oxygen atoms in total. The van der Waals surface area contributed by atoms with Crippen LogP contribution in [0.5, 0.6) is 0 Å². The first kappa shape index (κ1) is 17.2. The molecule has 118 valence electrons. The zero-order valence-electron chi connectivity index (χ0n) is 12.4. The molecule has 0 bridgehead atoms. The molecule has 7 heteroatoms. The van der Waals surface area contributed by atoms with Crippen LogP contribution in [-0.2, 0) is 14.9 Å². The van der Waals surface area contributed by atoms with E-state index in [4.69, 9.17) is 4.74 Å². The molecule has 0 aliphatic carbocycles. The third-order valence-corrected chi connectivity index (χ3v) is 4.06. The van der Waals surface area contributed by atoms with Crippen molar-refractivity contribution in [2.45, 2.75) is 52.1 Å². The zero-order valence-corrected chi connectivity index (χ0v) is 13.2. The molecule has 1 aliphatic heterocycles. The van der Waals surface area contributed by atoms with Gasteiger partial charge in [-0.2, -0.15) is 0 Å². The maximum absolute atomic E-state index is 11.8. The van der Waals surface area contributed by atoms with E-state index in [1.807, 2.05) is 20.8 Å². The Bertz CT molecular complexity index is 419. The summed E-state index contributed by atoms with van der Waals surface area (Å²) in [6, 6.07) is 0. The van der Waals surface area contributed by atoms with Crippen LogP contribution in [0.2, 0.25) is 0 Å². The molecule has 0 aromatic rings. The summed E-state index contributed by atoms with van der Waals surface area (Å²) in [6.07, 6.45) is 2.50. The largest absolute Gasteiger partial charge is 0.748 e. The van der Waals surface area contributed by atoms with Crippen molar-refractivity contribution < 1.29 is 22.5 Å². The Morgan fingerprint density at radius 2 is 1.85 bits per heavy atom. The Balaban J connectivity index is 2.28. The van der Waals surface area contributed by atoms with E-state index in [1.54, 1.807) is 4.90 Å². The molecule has 1 aliphatic rings. The van der Waals surface area contributed by atoms with Crippen LogP contribution in [0.3, 0.4) is 0 Å². The fourth-order valence-electron chi connectivity index (χ4n) is 2.28. The third kappa shape index (κ3) is 7.09. The van der Waals surface area contributed by atoms with Gasteiger partial charge in [-0.15, -0.1) is 0 Å². The minimum Gasteiger partial charge on any atom is -0.748 e. The van der Waals surface area contributed by atoms with Crippen LogP contribution in [-0.4, -0.2) is 48.4 Å². The highest BCUT2D eigenvalue weighted by Gasteiger charge is 2.26. The monoisotopic (exact) mass is 306 g/mol. The molecule has 0 radical (unpaired) electrons. The standard InChI is InChI=1S/C13H25NO5S/c1-13(2,3)19-12(15)14-8-6-11(7-9-14)5-4-10-20(16,17)18/h11H,4-10H2,1-3H3,(H,16,17,18)/p-1.